The van der Waals surface area contributed by atoms with Gasteiger partial charge in [-0.05, 0) is 31.5 Å². The van der Waals surface area contributed by atoms with Gasteiger partial charge in [0.15, 0.2) is 6.10 Å². The molecule has 0 aromatic heterocycles. The third-order valence-corrected chi connectivity index (χ3v) is 4.34. The van der Waals surface area contributed by atoms with E-state index in [1.165, 1.54) is 11.0 Å². The highest BCUT2D eigenvalue weighted by molar-refractivity contribution is 9.10. The maximum atomic E-state index is 11.8. The first kappa shape index (κ1) is 17.3. The molecule has 0 bridgehead atoms. The number of carbonyl (C=O) groups excluding carboxylic acids is 1. The van der Waals surface area contributed by atoms with Crippen molar-refractivity contribution >= 4 is 41.6 Å². The molecule has 1 unspecified atom stereocenters. The molecule has 1 aromatic carbocycles. The summed E-state index contributed by atoms with van der Waals surface area (Å²) in [4.78, 5) is 13.0. The van der Waals surface area contributed by atoms with Crippen LogP contribution < -0.4 is 4.74 Å². The fourth-order valence-electron chi connectivity index (χ4n) is 1.62. The number of likely N-dealkylation sites (N-methyl/N-ethyl adjacent to an activating group) is 1. The number of rotatable bonds is 4. The maximum Gasteiger partial charge on any atom is 0.265 e. The Labute approximate surface area is 131 Å². The summed E-state index contributed by atoms with van der Waals surface area (Å²) < 4.78 is 29.3. The van der Waals surface area contributed by atoms with E-state index >= 15 is 0 Å². The summed E-state index contributed by atoms with van der Waals surface area (Å²) in [6.07, 6.45) is -0.818. The zero-order chi connectivity index (χ0) is 15.7. The van der Waals surface area contributed by atoms with Gasteiger partial charge >= 0.3 is 0 Å². The Bertz CT molecular complexity index is 631. The highest BCUT2D eigenvalue weighted by Gasteiger charge is 2.24. The molecule has 0 aliphatic rings. The minimum Gasteiger partial charge on any atom is -0.479 e. The van der Waals surface area contributed by atoms with Gasteiger partial charge in [0.25, 0.3) is 15.0 Å². The van der Waals surface area contributed by atoms with Gasteiger partial charge in [0.05, 0.1) is 0 Å². The minimum atomic E-state index is -3.98. The molecule has 8 heteroatoms. The van der Waals surface area contributed by atoms with E-state index in [4.69, 9.17) is 15.4 Å². The number of nitrogens with zero attached hydrogens (tertiary/aromatic N) is 1. The van der Waals surface area contributed by atoms with Crippen LogP contribution in [0.1, 0.15) is 12.5 Å². The van der Waals surface area contributed by atoms with Crippen LogP contribution in [0.3, 0.4) is 0 Å². The van der Waals surface area contributed by atoms with Crippen LogP contribution in [0.4, 0.5) is 0 Å². The molecule has 1 aromatic rings. The molecule has 1 atom stereocenters. The Balaban J connectivity index is 3.28. The maximum absolute atomic E-state index is 11.8. The standard InChI is InChI=1S/C12H15BrClNO4S/c1-7-5-9(13)6-10(20(14,17)18)11(7)19-8(2)12(16)15(3)4/h5-6,8H,1-4H3. The number of amides is 1. The van der Waals surface area contributed by atoms with Crippen LogP contribution in [-0.2, 0) is 13.8 Å². The predicted molar refractivity (Wildman–Crippen MR) is 80.7 cm³/mol. The molecule has 1 amide bonds. The summed E-state index contributed by atoms with van der Waals surface area (Å²) in [6.45, 7) is 3.23. The molecule has 0 aliphatic heterocycles. The van der Waals surface area contributed by atoms with Gasteiger partial charge in [-0.25, -0.2) is 8.42 Å². The normalized spacial score (nSPS) is 12.9. The molecule has 20 heavy (non-hydrogen) atoms. The van der Waals surface area contributed by atoms with Gasteiger partial charge in [0.1, 0.15) is 10.6 Å². The monoisotopic (exact) mass is 383 g/mol. The van der Waals surface area contributed by atoms with E-state index in [-0.39, 0.29) is 16.6 Å². The van der Waals surface area contributed by atoms with Crippen molar-refractivity contribution in [3.63, 3.8) is 0 Å². The van der Waals surface area contributed by atoms with Gasteiger partial charge < -0.3 is 9.64 Å². The summed E-state index contributed by atoms with van der Waals surface area (Å²) in [7, 11) is 4.62. The zero-order valence-electron chi connectivity index (χ0n) is 11.5. The SMILES string of the molecule is Cc1cc(Br)cc(S(=O)(=O)Cl)c1OC(C)C(=O)N(C)C. The van der Waals surface area contributed by atoms with Crippen molar-refractivity contribution in [3.05, 3.63) is 22.2 Å². The lowest BCUT2D eigenvalue weighted by atomic mass is 10.2. The topological polar surface area (TPSA) is 63.7 Å². The summed E-state index contributed by atoms with van der Waals surface area (Å²) in [5, 5.41) is 0. The Morgan fingerprint density at radius 2 is 1.95 bits per heavy atom. The Morgan fingerprint density at radius 1 is 1.40 bits per heavy atom. The smallest absolute Gasteiger partial charge is 0.265 e. The van der Waals surface area contributed by atoms with E-state index in [0.29, 0.717) is 10.0 Å². The fraction of sp³-hybridized carbons (Fsp3) is 0.417. The summed E-state index contributed by atoms with van der Waals surface area (Å²) in [5.41, 5.74) is 0.567. The van der Waals surface area contributed by atoms with Crippen LogP contribution in [0, 0.1) is 6.92 Å². The lowest BCUT2D eigenvalue weighted by molar-refractivity contribution is -0.135. The van der Waals surface area contributed by atoms with E-state index in [1.54, 1.807) is 34.0 Å². The number of hydrogen-bond acceptors (Lipinski definition) is 4. The second-order valence-electron chi connectivity index (χ2n) is 4.48. The van der Waals surface area contributed by atoms with E-state index in [0.717, 1.165) is 0 Å². The fourth-order valence-corrected chi connectivity index (χ4v) is 3.39. The molecule has 0 fully saturated rings. The molecule has 0 saturated heterocycles. The molecule has 1 rings (SSSR count). The van der Waals surface area contributed by atoms with Crippen LogP contribution in [0.5, 0.6) is 5.75 Å². The van der Waals surface area contributed by atoms with Crippen LogP contribution >= 0.6 is 26.6 Å². The molecule has 5 nitrogen and oxygen atoms in total. The first-order valence-electron chi connectivity index (χ1n) is 5.66. The Morgan fingerprint density at radius 3 is 2.40 bits per heavy atom. The third kappa shape index (κ3) is 4.10. The van der Waals surface area contributed by atoms with Gasteiger partial charge in [-0.2, -0.15) is 0 Å². The molecule has 0 N–H and O–H groups in total. The van der Waals surface area contributed by atoms with Crippen molar-refractivity contribution in [1.29, 1.82) is 0 Å². The van der Waals surface area contributed by atoms with Crippen LogP contribution in [0.2, 0.25) is 0 Å². The van der Waals surface area contributed by atoms with E-state index in [1.807, 2.05) is 0 Å². The second kappa shape index (κ2) is 6.32. The average Bonchev–Trinajstić information content (AvgIpc) is 2.29. The number of ether oxygens (including phenoxy) is 1. The molecule has 0 radical (unpaired) electrons. The van der Waals surface area contributed by atoms with Crippen molar-refractivity contribution in [2.24, 2.45) is 0 Å². The molecule has 0 aliphatic carbocycles. The van der Waals surface area contributed by atoms with Crippen molar-refractivity contribution in [2.75, 3.05) is 14.1 Å². The summed E-state index contributed by atoms with van der Waals surface area (Å²) >= 11 is 3.20. The van der Waals surface area contributed by atoms with E-state index in [2.05, 4.69) is 15.9 Å². The quantitative estimate of drug-likeness (QED) is 0.748. The largest absolute Gasteiger partial charge is 0.479 e. The van der Waals surface area contributed by atoms with Crippen LogP contribution in [0.25, 0.3) is 0 Å². The van der Waals surface area contributed by atoms with Gasteiger partial charge in [-0.15, -0.1) is 0 Å². The number of benzene rings is 1. The lowest BCUT2D eigenvalue weighted by Gasteiger charge is -2.20. The minimum absolute atomic E-state index is 0.0888. The molecular weight excluding hydrogens is 370 g/mol. The van der Waals surface area contributed by atoms with Crippen molar-refractivity contribution in [3.8, 4) is 5.75 Å². The third-order valence-electron chi connectivity index (χ3n) is 2.55. The van der Waals surface area contributed by atoms with E-state index < -0.39 is 15.2 Å². The predicted octanol–water partition coefficient (Wildman–Crippen LogP) is 2.54. The van der Waals surface area contributed by atoms with Crippen LogP contribution in [0.15, 0.2) is 21.5 Å². The summed E-state index contributed by atoms with van der Waals surface area (Å²) in [6, 6.07) is 3.03. The Kier molecular flexibility index (Phi) is 5.46. The van der Waals surface area contributed by atoms with Crippen molar-refractivity contribution in [1.82, 2.24) is 4.90 Å². The van der Waals surface area contributed by atoms with Gasteiger partial charge in [0.2, 0.25) is 0 Å². The number of carbonyl (C=O) groups is 1. The van der Waals surface area contributed by atoms with E-state index in [9.17, 15) is 13.2 Å². The molecule has 0 spiro atoms. The zero-order valence-corrected chi connectivity index (χ0v) is 14.6. The first-order valence-corrected chi connectivity index (χ1v) is 8.77. The highest BCUT2D eigenvalue weighted by atomic mass is 79.9. The van der Waals surface area contributed by atoms with Gasteiger partial charge in [-0.3, -0.25) is 4.79 Å². The molecular formula is C12H15BrClNO4S. The number of halogens is 2. The summed E-state index contributed by atoms with van der Waals surface area (Å²) in [5.74, 6) is -0.184. The average molecular weight is 385 g/mol. The highest BCUT2D eigenvalue weighted by Crippen LogP contribution is 2.34. The van der Waals surface area contributed by atoms with Gasteiger partial charge in [0, 0.05) is 29.3 Å². The van der Waals surface area contributed by atoms with Crippen molar-refractivity contribution in [2.45, 2.75) is 24.8 Å². The number of hydrogen-bond donors (Lipinski definition) is 0. The Hall–Kier alpha value is -0.790. The molecule has 0 heterocycles. The lowest BCUT2D eigenvalue weighted by Crippen LogP contribution is -2.35. The van der Waals surface area contributed by atoms with Gasteiger partial charge in [-0.1, -0.05) is 15.9 Å². The molecule has 112 valence electrons. The van der Waals surface area contributed by atoms with Crippen molar-refractivity contribution < 1.29 is 17.9 Å². The first-order chi connectivity index (χ1) is 9.04. The van der Waals surface area contributed by atoms with Crippen LogP contribution in [-0.4, -0.2) is 39.4 Å². The number of aryl methyl sites for hydroxylation is 1. The molecule has 0 saturated carbocycles. The second-order valence-corrected chi connectivity index (χ2v) is 7.93.